The minimum atomic E-state index is -0.294. The van der Waals surface area contributed by atoms with Crippen LogP contribution in [0.4, 0.5) is 4.39 Å². The summed E-state index contributed by atoms with van der Waals surface area (Å²) in [5, 5.41) is 6.40. The quantitative estimate of drug-likeness (QED) is 0.637. The maximum atomic E-state index is 12.8. The molecule has 1 rings (SSSR count). The molecule has 0 saturated heterocycles. The molecule has 0 aliphatic rings. The molecule has 0 radical (unpaired) electrons. The van der Waals surface area contributed by atoms with Crippen LogP contribution in [-0.2, 0) is 11.3 Å². The highest BCUT2D eigenvalue weighted by atomic mass is 19.1. The molecule has 4 nitrogen and oxygen atoms in total. The molecule has 2 N–H and O–H groups in total. The van der Waals surface area contributed by atoms with Gasteiger partial charge in [-0.25, -0.2) is 4.39 Å². The molecule has 1 aromatic rings. The Morgan fingerprint density at radius 1 is 1.25 bits per heavy atom. The van der Waals surface area contributed by atoms with Gasteiger partial charge in [0.15, 0.2) is 0 Å². The third kappa shape index (κ3) is 5.75. The van der Waals surface area contributed by atoms with Gasteiger partial charge in [0.1, 0.15) is 5.82 Å². The van der Waals surface area contributed by atoms with Gasteiger partial charge in [0.25, 0.3) is 0 Å². The summed E-state index contributed by atoms with van der Waals surface area (Å²) in [4.78, 5) is 3.78. The van der Waals surface area contributed by atoms with Gasteiger partial charge >= 0.3 is 0 Å². The van der Waals surface area contributed by atoms with Crippen molar-refractivity contribution < 1.29 is 9.13 Å². The predicted octanol–water partition coefficient (Wildman–Crippen LogP) is 0.546. The number of halogens is 1. The number of nitrogens with one attached hydrogen (secondary N) is 2. The molecule has 0 amide bonds. The van der Waals surface area contributed by atoms with E-state index >= 15 is 0 Å². The zero-order chi connectivity index (χ0) is 11.6. The summed E-state index contributed by atoms with van der Waals surface area (Å²) in [7, 11) is 1.68. The average Bonchev–Trinajstić information content (AvgIpc) is 2.28. The van der Waals surface area contributed by atoms with Crippen LogP contribution in [-0.4, -0.2) is 38.3 Å². The molecule has 0 spiro atoms. The van der Waals surface area contributed by atoms with E-state index in [1.807, 2.05) is 0 Å². The molecule has 0 unspecified atom stereocenters. The molecule has 0 fully saturated rings. The fourth-order valence-electron chi connectivity index (χ4n) is 1.26. The highest BCUT2D eigenvalue weighted by molar-refractivity contribution is 5.09. The van der Waals surface area contributed by atoms with E-state index in [2.05, 4.69) is 15.6 Å². The van der Waals surface area contributed by atoms with Crippen LogP contribution in [0.15, 0.2) is 18.5 Å². The van der Waals surface area contributed by atoms with E-state index in [4.69, 9.17) is 4.74 Å². The number of hydrogen-bond acceptors (Lipinski definition) is 4. The molecule has 0 atom stereocenters. The van der Waals surface area contributed by atoms with Crippen LogP contribution < -0.4 is 10.6 Å². The van der Waals surface area contributed by atoms with Crippen LogP contribution in [0, 0.1) is 5.82 Å². The Kier molecular flexibility index (Phi) is 6.64. The van der Waals surface area contributed by atoms with Crippen molar-refractivity contribution in [3.05, 3.63) is 29.8 Å². The van der Waals surface area contributed by atoms with Crippen molar-refractivity contribution in [1.29, 1.82) is 0 Å². The predicted molar refractivity (Wildman–Crippen MR) is 60.6 cm³/mol. The topological polar surface area (TPSA) is 46.2 Å². The fraction of sp³-hybridized carbons (Fsp3) is 0.545. The third-order valence-corrected chi connectivity index (χ3v) is 2.05. The fourth-order valence-corrected chi connectivity index (χ4v) is 1.26. The van der Waals surface area contributed by atoms with Crippen LogP contribution in [0.25, 0.3) is 0 Å². The van der Waals surface area contributed by atoms with Crippen LogP contribution in [0.5, 0.6) is 0 Å². The number of ether oxygens (including phenoxy) is 1. The number of aromatic nitrogens is 1. The number of hydrogen-bond donors (Lipinski definition) is 2. The zero-order valence-corrected chi connectivity index (χ0v) is 9.50. The molecule has 0 aliphatic carbocycles. The van der Waals surface area contributed by atoms with Crippen molar-refractivity contribution in [3.8, 4) is 0 Å². The first-order valence-electron chi connectivity index (χ1n) is 5.32. The first kappa shape index (κ1) is 13.0. The Balaban J connectivity index is 2.03. The van der Waals surface area contributed by atoms with Gasteiger partial charge in [-0.2, -0.15) is 0 Å². The summed E-state index contributed by atoms with van der Waals surface area (Å²) in [5.41, 5.74) is 0.858. The summed E-state index contributed by atoms with van der Waals surface area (Å²) >= 11 is 0. The van der Waals surface area contributed by atoms with E-state index < -0.39 is 0 Å². The summed E-state index contributed by atoms with van der Waals surface area (Å²) in [6, 6.07) is 1.48. The molecule has 0 saturated carbocycles. The highest BCUT2D eigenvalue weighted by Crippen LogP contribution is 1.99. The van der Waals surface area contributed by atoms with Gasteiger partial charge < -0.3 is 15.4 Å². The molecular weight excluding hydrogens is 209 g/mol. The van der Waals surface area contributed by atoms with E-state index in [9.17, 15) is 4.39 Å². The Bertz CT molecular complexity index is 296. The standard InChI is InChI=1S/C11H18FN3O/c1-16-5-4-13-2-3-14-7-10-6-11(12)9-15-8-10/h6,8-9,13-14H,2-5,7H2,1H3. The van der Waals surface area contributed by atoms with E-state index in [1.165, 1.54) is 12.3 Å². The summed E-state index contributed by atoms with van der Waals surface area (Å²) in [6.45, 7) is 3.90. The molecule has 16 heavy (non-hydrogen) atoms. The van der Waals surface area contributed by atoms with Gasteiger partial charge in [-0.15, -0.1) is 0 Å². The second-order valence-electron chi connectivity index (χ2n) is 3.43. The maximum absolute atomic E-state index is 12.8. The molecule has 90 valence electrons. The minimum absolute atomic E-state index is 0.294. The number of rotatable bonds is 8. The normalized spacial score (nSPS) is 10.6. The van der Waals surface area contributed by atoms with Crippen molar-refractivity contribution in [2.75, 3.05) is 33.4 Å². The maximum Gasteiger partial charge on any atom is 0.141 e. The first-order valence-corrected chi connectivity index (χ1v) is 5.32. The van der Waals surface area contributed by atoms with Crippen LogP contribution in [0.1, 0.15) is 5.56 Å². The Hall–Kier alpha value is -1.04. The van der Waals surface area contributed by atoms with Gasteiger partial charge in [-0.1, -0.05) is 0 Å². The van der Waals surface area contributed by atoms with Gasteiger partial charge in [0.2, 0.25) is 0 Å². The lowest BCUT2D eigenvalue weighted by atomic mass is 10.3. The van der Waals surface area contributed by atoms with Crippen LogP contribution >= 0.6 is 0 Å². The average molecular weight is 227 g/mol. The molecule has 1 aromatic heterocycles. The number of pyridine rings is 1. The largest absolute Gasteiger partial charge is 0.383 e. The van der Waals surface area contributed by atoms with E-state index in [0.717, 1.165) is 25.2 Å². The van der Waals surface area contributed by atoms with Crippen molar-refractivity contribution in [2.45, 2.75) is 6.54 Å². The third-order valence-electron chi connectivity index (χ3n) is 2.05. The highest BCUT2D eigenvalue weighted by Gasteiger charge is 1.95. The van der Waals surface area contributed by atoms with Crippen molar-refractivity contribution in [2.24, 2.45) is 0 Å². The first-order chi connectivity index (χ1) is 7.83. The molecular formula is C11H18FN3O. The number of methoxy groups -OCH3 is 1. The summed E-state index contributed by atoms with van der Waals surface area (Å²) < 4.78 is 17.7. The second-order valence-corrected chi connectivity index (χ2v) is 3.43. The van der Waals surface area contributed by atoms with E-state index in [0.29, 0.717) is 13.2 Å². The molecule has 1 heterocycles. The smallest absolute Gasteiger partial charge is 0.141 e. The lowest BCUT2D eigenvalue weighted by molar-refractivity contribution is 0.199. The van der Waals surface area contributed by atoms with Gasteiger partial charge in [-0.3, -0.25) is 4.98 Å². The molecule has 5 heteroatoms. The summed E-state index contributed by atoms with van der Waals surface area (Å²) in [5.74, 6) is -0.294. The lowest BCUT2D eigenvalue weighted by Gasteiger charge is -2.06. The Morgan fingerprint density at radius 3 is 2.81 bits per heavy atom. The van der Waals surface area contributed by atoms with Crippen LogP contribution in [0.3, 0.4) is 0 Å². The minimum Gasteiger partial charge on any atom is -0.383 e. The second kappa shape index (κ2) is 8.15. The molecule has 0 bridgehead atoms. The SMILES string of the molecule is COCCNCCNCc1cncc(F)c1. The Labute approximate surface area is 95.2 Å². The summed E-state index contributed by atoms with van der Waals surface area (Å²) in [6.07, 6.45) is 2.87. The van der Waals surface area contributed by atoms with E-state index in [-0.39, 0.29) is 5.82 Å². The molecule has 0 aromatic carbocycles. The van der Waals surface area contributed by atoms with Gasteiger partial charge in [0.05, 0.1) is 12.8 Å². The Morgan fingerprint density at radius 2 is 2.06 bits per heavy atom. The van der Waals surface area contributed by atoms with E-state index in [1.54, 1.807) is 13.3 Å². The number of nitrogens with zero attached hydrogens (tertiary/aromatic N) is 1. The monoisotopic (exact) mass is 227 g/mol. The van der Waals surface area contributed by atoms with Crippen molar-refractivity contribution in [3.63, 3.8) is 0 Å². The van der Waals surface area contributed by atoms with Gasteiger partial charge in [-0.05, 0) is 11.6 Å². The lowest BCUT2D eigenvalue weighted by Crippen LogP contribution is -2.29. The van der Waals surface area contributed by atoms with Crippen LogP contribution in [0.2, 0.25) is 0 Å². The van der Waals surface area contributed by atoms with Crippen molar-refractivity contribution in [1.82, 2.24) is 15.6 Å². The molecule has 0 aliphatic heterocycles. The van der Waals surface area contributed by atoms with Gasteiger partial charge in [0, 0.05) is 39.5 Å². The zero-order valence-electron chi connectivity index (χ0n) is 9.50. The van der Waals surface area contributed by atoms with Crippen molar-refractivity contribution >= 4 is 0 Å².